The molecule has 0 saturated heterocycles. The third-order valence-corrected chi connectivity index (χ3v) is 3.72. The zero-order valence-electron chi connectivity index (χ0n) is 12.1. The highest BCUT2D eigenvalue weighted by Crippen LogP contribution is 2.28. The molecule has 0 amide bonds. The molecule has 23 heavy (non-hydrogen) atoms. The van der Waals surface area contributed by atoms with Crippen molar-refractivity contribution in [1.82, 2.24) is 9.97 Å². The Morgan fingerprint density at radius 3 is 3.00 bits per heavy atom. The number of carbonyl (C=O) groups is 1. The van der Waals surface area contributed by atoms with Gasteiger partial charge in [-0.15, -0.1) is 11.3 Å². The summed E-state index contributed by atoms with van der Waals surface area (Å²) >= 11 is 1.26. The number of nitro groups is 1. The fourth-order valence-electron chi connectivity index (χ4n) is 1.83. The first-order valence-electron chi connectivity index (χ1n) is 6.65. The van der Waals surface area contributed by atoms with E-state index in [-0.39, 0.29) is 24.5 Å². The Hall–Kier alpha value is -2.59. The molecule has 0 bridgehead atoms. The first-order chi connectivity index (χ1) is 11.0. The third-order valence-electron chi connectivity index (χ3n) is 2.84. The van der Waals surface area contributed by atoms with Crippen molar-refractivity contribution in [3.8, 4) is 0 Å². The standard InChI is InChI=1S/C13H14N4O5S/c1-2-22-13(19)8-3-4-15-12(11(8)17(20)21)16-5-9(18)10-6-14-7-23-10/h3-4,6-7,9,18H,2,5H2,1H3,(H,15,16). The van der Waals surface area contributed by atoms with Gasteiger partial charge in [0.05, 0.1) is 21.9 Å². The number of aliphatic hydroxyl groups excluding tert-OH is 1. The van der Waals surface area contributed by atoms with Crippen LogP contribution in [0.4, 0.5) is 11.5 Å². The van der Waals surface area contributed by atoms with Crippen LogP contribution in [-0.4, -0.2) is 39.1 Å². The average Bonchev–Trinajstić information content (AvgIpc) is 3.06. The number of hydrogen-bond donors (Lipinski definition) is 2. The Kier molecular flexibility index (Phi) is 5.55. The molecule has 2 aromatic rings. The first-order valence-corrected chi connectivity index (χ1v) is 7.53. The molecule has 1 unspecified atom stereocenters. The van der Waals surface area contributed by atoms with Crippen molar-refractivity contribution in [2.45, 2.75) is 13.0 Å². The van der Waals surface area contributed by atoms with Gasteiger partial charge < -0.3 is 15.2 Å². The van der Waals surface area contributed by atoms with E-state index in [1.807, 2.05) is 0 Å². The first kappa shape index (κ1) is 16.8. The molecule has 122 valence electrons. The van der Waals surface area contributed by atoms with E-state index in [1.165, 1.54) is 29.8 Å². The molecule has 9 nitrogen and oxygen atoms in total. The summed E-state index contributed by atoms with van der Waals surface area (Å²) < 4.78 is 4.80. The van der Waals surface area contributed by atoms with E-state index in [0.29, 0.717) is 4.88 Å². The quantitative estimate of drug-likeness (QED) is 0.444. The van der Waals surface area contributed by atoms with Crippen molar-refractivity contribution in [2.75, 3.05) is 18.5 Å². The predicted octanol–water partition coefficient (Wildman–Crippen LogP) is 1.77. The molecule has 2 heterocycles. The number of ether oxygens (including phenoxy) is 1. The monoisotopic (exact) mass is 338 g/mol. The lowest BCUT2D eigenvalue weighted by molar-refractivity contribution is -0.384. The summed E-state index contributed by atoms with van der Waals surface area (Å²) in [6.45, 7) is 1.70. The Morgan fingerprint density at radius 1 is 1.61 bits per heavy atom. The van der Waals surface area contributed by atoms with Crippen LogP contribution in [0.5, 0.6) is 0 Å². The van der Waals surface area contributed by atoms with Crippen LogP contribution in [-0.2, 0) is 4.74 Å². The van der Waals surface area contributed by atoms with E-state index in [9.17, 15) is 20.0 Å². The van der Waals surface area contributed by atoms with Gasteiger partial charge in [-0.25, -0.2) is 9.78 Å². The lowest BCUT2D eigenvalue weighted by atomic mass is 10.2. The molecule has 10 heteroatoms. The van der Waals surface area contributed by atoms with Crippen molar-refractivity contribution in [3.05, 3.63) is 44.5 Å². The molecular formula is C13H14N4O5S. The predicted molar refractivity (Wildman–Crippen MR) is 82.4 cm³/mol. The number of aromatic nitrogens is 2. The van der Waals surface area contributed by atoms with Gasteiger partial charge in [0.1, 0.15) is 11.7 Å². The second kappa shape index (κ2) is 7.61. The van der Waals surface area contributed by atoms with E-state index in [4.69, 9.17) is 4.74 Å². The lowest BCUT2D eigenvalue weighted by Crippen LogP contribution is -2.15. The van der Waals surface area contributed by atoms with Crippen molar-refractivity contribution >= 4 is 28.8 Å². The number of anilines is 1. The number of nitrogens with zero attached hydrogens (tertiary/aromatic N) is 3. The number of aliphatic hydroxyl groups is 1. The van der Waals surface area contributed by atoms with Crippen molar-refractivity contribution in [2.24, 2.45) is 0 Å². The maximum absolute atomic E-state index is 11.8. The number of hydrogen-bond acceptors (Lipinski definition) is 9. The van der Waals surface area contributed by atoms with Gasteiger partial charge in [-0.3, -0.25) is 15.1 Å². The van der Waals surface area contributed by atoms with Crippen LogP contribution in [0.3, 0.4) is 0 Å². The summed E-state index contributed by atoms with van der Waals surface area (Å²) in [6, 6.07) is 1.22. The van der Waals surface area contributed by atoms with Gasteiger partial charge in [0.25, 0.3) is 0 Å². The molecular weight excluding hydrogens is 324 g/mol. The maximum atomic E-state index is 11.8. The van der Waals surface area contributed by atoms with Crippen LogP contribution >= 0.6 is 11.3 Å². The molecule has 2 rings (SSSR count). The number of carbonyl (C=O) groups excluding carboxylic acids is 1. The van der Waals surface area contributed by atoms with Crippen LogP contribution in [0.1, 0.15) is 28.3 Å². The SMILES string of the molecule is CCOC(=O)c1ccnc(NCC(O)c2cncs2)c1[N+](=O)[O-]. The summed E-state index contributed by atoms with van der Waals surface area (Å²) in [4.78, 5) is 30.7. The third kappa shape index (κ3) is 3.99. The Bertz CT molecular complexity index is 692. The van der Waals surface area contributed by atoms with E-state index >= 15 is 0 Å². The van der Waals surface area contributed by atoms with Crippen molar-refractivity contribution in [1.29, 1.82) is 0 Å². The number of pyridine rings is 1. The highest BCUT2D eigenvalue weighted by Gasteiger charge is 2.27. The average molecular weight is 338 g/mol. The summed E-state index contributed by atoms with van der Waals surface area (Å²) in [7, 11) is 0. The van der Waals surface area contributed by atoms with Gasteiger partial charge in [-0.05, 0) is 13.0 Å². The number of nitrogens with one attached hydrogen (secondary N) is 1. The molecule has 0 aliphatic heterocycles. The van der Waals surface area contributed by atoms with Crippen LogP contribution < -0.4 is 5.32 Å². The van der Waals surface area contributed by atoms with Crippen molar-refractivity contribution in [3.63, 3.8) is 0 Å². The van der Waals surface area contributed by atoms with E-state index < -0.39 is 22.7 Å². The fraction of sp³-hybridized carbons (Fsp3) is 0.308. The highest BCUT2D eigenvalue weighted by molar-refractivity contribution is 7.09. The number of esters is 1. The second-order valence-electron chi connectivity index (χ2n) is 4.33. The van der Waals surface area contributed by atoms with Gasteiger partial charge in [-0.1, -0.05) is 0 Å². The van der Waals surface area contributed by atoms with E-state index in [0.717, 1.165) is 0 Å². The zero-order chi connectivity index (χ0) is 16.8. The molecule has 0 aliphatic rings. The van der Waals surface area contributed by atoms with Crippen LogP contribution in [0.15, 0.2) is 24.0 Å². The summed E-state index contributed by atoms with van der Waals surface area (Å²) in [5, 5.41) is 23.9. The fourth-order valence-corrected chi connectivity index (χ4v) is 2.43. The number of thiazole rings is 1. The van der Waals surface area contributed by atoms with Gasteiger partial charge in [0, 0.05) is 18.9 Å². The topological polar surface area (TPSA) is 127 Å². The second-order valence-corrected chi connectivity index (χ2v) is 5.25. The Morgan fingerprint density at radius 2 is 2.39 bits per heavy atom. The van der Waals surface area contributed by atoms with E-state index in [1.54, 1.807) is 12.4 Å². The minimum absolute atomic E-state index is 0.0116. The molecule has 1 atom stereocenters. The summed E-state index contributed by atoms with van der Waals surface area (Å²) in [6.07, 6.45) is 1.88. The minimum Gasteiger partial charge on any atom is -0.462 e. The molecule has 0 spiro atoms. The summed E-state index contributed by atoms with van der Waals surface area (Å²) in [5.41, 5.74) is 0.893. The zero-order valence-corrected chi connectivity index (χ0v) is 12.9. The minimum atomic E-state index is -0.893. The number of rotatable bonds is 7. The molecule has 0 aliphatic carbocycles. The highest BCUT2D eigenvalue weighted by atomic mass is 32.1. The molecule has 0 radical (unpaired) electrons. The van der Waals surface area contributed by atoms with Gasteiger partial charge in [0.2, 0.25) is 5.82 Å². The Balaban J connectivity index is 2.22. The molecule has 2 aromatic heterocycles. The van der Waals surface area contributed by atoms with Crippen LogP contribution in [0.2, 0.25) is 0 Å². The molecule has 2 N–H and O–H groups in total. The molecule has 0 saturated carbocycles. The lowest BCUT2D eigenvalue weighted by Gasteiger charge is -2.11. The van der Waals surface area contributed by atoms with Gasteiger partial charge in [-0.2, -0.15) is 0 Å². The van der Waals surface area contributed by atoms with Gasteiger partial charge in [0.15, 0.2) is 0 Å². The summed E-state index contributed by atoms with van der Waals surface area (Å²) in [5.74, 6) is -0.906. The van der Waals surface area contributed by atoms with Gasteiger partial charge >= 0.3 is 11.7 Å². The van der Waals surface area contributed by atoms with E-state index in [2.05, 4.69) is 15.3 Å². The normalized spacial score (nSPS) is 11.7. The van der Waals surface area contributed by atoms with Crippen LogP contribution in [0, 0.1) is 10.1 Å². The smallest absolute Gasteiger partial charge is 0.345 e. The Labute approximate surface area is 135 Å². The largest absolute Gasteiger partial charge is 0.462 e. The molecule has 0 fully saturated rings. The molecule has 0 aromatic carbocycles. The maximum Gasteiger partial charge on any atom is 0.345 e. The van der Waals surface area contributed by atoms with Crippen molar-refractivity contribution < 1.29 is 19.6 Å². The van der Waals surface area contributed by atoms with Crippen LogP contribution in [0.25, 0.3) is 0 Å².